The van der Waals surface area contributed by atoms with Gasteiger partial charge < -0.3 is 31.8 Å². The van der Waals surface area contributed by atoms with Crippen molar-refractivity contribution in [2.45, 2.75) is 5.92 Å². The number of benzene rings is 2. The summed E-state index contributed by atoms with van der Waals surface area (Å²) in [6.45, 7) is 0. The van der Waals surface area contributed by atoms with Gasteiger partial charge in [-0.05, 0) is 39.7 Å². The summed E-state index contributed by atoms with van der Waals surface area (Å²) in [6.07, 6.45) is 0. The van der Waals surface area contributed by atoms with Crippen LogP contribution < -0.4 is 26.7 Å². The van der Waals surface area contributed by atoms with Crippen molar-refractivity contribution in [2.24, 2.45) is 5.73 Å². The number of aromatic hydroxyl groups is 1. The number of hydrogen-bond acceptors (Lipinski definition) is 7. The van der Waals surface area contributed by atoms with Crippen LogP contribution in [0.4, 0.5) is 11.4 Å². The molecule has 0 fully saturated rings. The molecular formula is C17H15BrN4O3. The largest absolute Gasteiger partial charge is 0.503 e. The van der Waals surface area contributed by atoms with Gasteiger partial charge in [-0.25, -0.2) is 0 Å². The number of phenols is 1. The van der Waals surface area contributed by atoms with Gasteiger partial charge in [-0.2, -0.15) is 5.26 Å². The first-order valence-corrected chi connectivity index (χ1v) is 8.00. The van der Waals surface area contributed by atoms with E-state index in [1.54, 1.807) is 24.3 Å². The number of nitrogens with zero attached hydrogens (tertiary/aromatic N) is 1. The number of phenolic OH excluding ortho intramolecular Hbond substituents is 1. The minimum atomic E-state index is -0.539. The first-order valence-electron chi connectivity index (χ1n) is 7.20. The van der Waals surface area contributed by atoms with Crippen molar-refractivity contribution in [3.63, 3.8) is 0 Å². The van der Waals surface area contributed by atoms with Gasteiger partial charge in [-0.15, -0.1) is 0 Å². The van der Waals surface area contributed by atoms with E-state index in [-0.39, 0.29) is 28.6 Å². The Bertz CT molecular complexity index is 950. The Morgan fingerprint density at radius 2 is 2.00 bits per heavy atom. The van der Waals surface area contributed by atoms with Crippen LogP contribution in [0.2, 0.25) is 0 Å². The molecule has 0 saturated heterocycles. The Morgan fingerprint density at radius 3 is 2.64 bits per heavy atom. The van der Waals surface area contributed by atoms with Crippen LogP contribution in [0.15, 0.2) is 40.2 Å². The highest BCUT2D eigenvalue weighted by molar-refractivity contribution is 9.10. The molecule has 1 aliphatic rings. The second-order valence-electron chi connectivity index (χ2n) is 5.47. The molecule has 0 spiro atoms. The van der Waals surface area contributed by atoms with Gasteiger partial charge in [0.25, 0.3) is 0 Å². The van der Waals surface area contributed by atoms with Gasteiger partial charge >= 0.3 is 0 Å². The molecule has 0 aromatic heterocycles. The summed E-state index contributed by atoms with van der Waals surface area (Å²) < 4.78 is 11.2. The molecule has 3 rings (SSSR count). The van der Waals surface area contributed by atoms with Crippen LogP contribution in [0, 0.1) is 11.3 Å². The zero-order valence-electron chi connectivity index (χ0n) is 13.2. The first-order chi connectivity index (χ1) is 11.9. The molecule has 0 aliphatic carbocycles. The average molecular weight is 403 g/mol. The average Bonchev–Trinajstić information content (AvgIpc) is 2.60. The van der Waals surface area contributed by atoms with E-state index in [1.807, 2.05) is 0 Å². The summed E-state index contributed by atoms with van der Waals surface area (Å²) in [6, 6.07) is 8.80. The van der Waals surface area contributed by atoms with Crippen molar-refractivity contribution >= 4 is 27.3 Å². The van der Waals surface area contributed by atoms with Crippen LogP contribution in [0.3, 0.4) is 0 Å². The molecule has 0 amide bonds. The van der Waals surface area contributed by atoms with E-state index in [4.69, 9.17) is 26.7 Å². The topological polar surface area (TPSA) is 141 Å². The number of hydrogen-bond donors (Lipinski definition) is 4. The SMILES string of the molecule is COc1cc(C2C(C#N)=C(N)Oc3c2ccc(N)c3N)cc(Br)c1O. The molecule has 2 aromatic rings. The van der Waals surface area contributed by atoms with Gasteiger partial charge in [0.05, 0.1) is 28.9 Å². The van der Waals surface area contributed by atoms with E-state index in [0.29, 0.717) is 27.0 Å². The third kappa shape index (κ3) is 2.58. The standard InChI is InChI=1S/C17H15BrN4O3/c1-24-12-5-7(4-10(18)15(12)23)13-8-2-3-11(20)14(21)16(8)25-17(22)9(13)6-19/h2-5,13,23H,20-22H2,1H3. The van der Waals surface area contributed by atoms with Crippen LogP contribution in [0.25, 0.3) is 0 Å². The van der Waals surface area contributed by atoms with E-state index < -0.39 is 5.92 Å². The lowest BCUT2D eigenvalue weighted by atomic mass is 9.83. The molecule has 0 saturated carbocycles. The monoisotopic (exact) mass is 402 g/mol. The third-order valence-electron chi connectivity index (χ3n) is 4.06. The lowest BCUT2D eigenvalue weighted by molar-refractivity contribution is 0.370. The van der Waals surface area contributed by atoms with Gasteiger partial charge in [-0.3, -0.25) is 0 Å². The van der Waals surface area contributed by atoms with Gasteiger partial charge in [0.15, 0.2) is 17.2 Å². The number of fused-ring (bicyclic) bond motifs is 1. The second kappa shape index (κ2) is 6.11. The number of methoxy groups -OCH3 is 1. The fourth-order valence-corrected chi connectivity index (χ4v) is 3.28. The van der Waals surface area contributed by atoms with Gasteiger partial charge in [0.2, 0.25) is 5.88 Å². The smallest absolute Gasteiger partial charge is 0.205 e. The van der Waals surface area contributed by atoms with Gasteiger partial charge in [0, 0.05) is 5.56 Å². The van der Waals surface area contributed by atoms with Crippen molar-refractivity contribution in [3.8, 4) is 23.3 Å². The highest BCUT2D eigenvalue weighted by Gasteiger charge is 2.33. The summed E-state index contributed by atoms with van der Waals surface area (Å²) in [7, 11) is 1.44. The van der Waals surface area contributed by atoms with Crippen LogP contribution >= 0.6 is 15.9 Å². The minimum absolute atomic E-state index is 0.0363. The number of nitrogen functional groups attached to an aromatic ring is 2. The number of ether oxygens (including phenoxy) is 2. The molecule has 128 valence electrons. The Morgan fingerprint density at radius 1 is 1.28 bits per heavy atom. The summed E-state index contributed by atoms with van der Waals surface area (Å²) in [5, 5.41) is 19.6. The highest BCUT2D eigenvalue weighted by Crippen LogP contribution is 2.48. The number of nitrogens with two attached hydrogens (primary N) is 3. The second-order valence-corrected chi connectivity index (χ2v) is 6.32. The quantitative estimate of drug-likeness (QED) is 0.565. The number of halogens is 1. The fraction of sp³-hybridized carbons (Fsp3) is 0.118. The predicted octanol–water partition coefficient (Wildman–Crippen LogP) is 2.55. The molecule has 7 N–H and O–H groups in total. The number of allylic oxidation sites excluding steroid dienone is 1. The summed E-state index contributed by atoms with van der Waals surface area (Å²) in [5.74, 6) is -0.0323. The molecule has 25 heavy (non-hydrogen) atoms. The van der Waals surface area contributed by atoms with Crippen LogP contribution in [-0.4, -0.2) is 12.2 Å². The fourth-order valence-electron chi connectivity index (χ4n) is 2.82. The Kier molecular flexibility index (Phi) is 4.10. The van der Waals surface area contributed by atoms with Crippen molar-refractivity contribution in [1.29, 1.82) is 5.26 Å². The van der Waals surface area contributed by atoms with Gasteiger partial charge in [-0.1, -0.05) is 6.07 Å². The molecule has 2 aromatic carbocycles. The molecular weight excluding hydrogens is 388 g/mol. The Balaban J connectivity index is 2.30. The van der Waals surface area contributed by atoms with E-state index >= 15 is 0 Å². The Labute approximate surface area is 152 Å². The molecule has 1 unspecified atom stereocenters. The zero-order valence-corrected chi connectivity index (χ0v) is 14.8. The van der Waals surface area contributed by atoms with Crippen LogP contribution in [0.5, 0.6) is 17.2 Å². The summed E-state index contributed by atoms with van der Waals surface area (Å²) >= 11 is 3.29. The van der Waals surface area contributed by atoms with Crippen molar-refractivity contribution in [3.05, 3.63) is 51.3 Å². The molecule has 1 aliphatic heterocycles. The maximum absolute atomic E-state index is 10.0. The normalized spacial score (nSPS) is 16.0. The zero-order chi connectivity index (χ0) is 18.3. The van der Waals surface area contributed by atoms with E-state index in [0.717, 1.165) is 0 Å². The molecule has 7 nitrogen and oxygen atoms in total. The predicted molar refractivity (Wildman–Crippen MR) is 96.9 cm³/mol. The molecule has 0 bridgehead atoms. The lowest BCUT2D eigenvalue weighted by Gasteiger charge is -2.28. The summed E-state index contributed by atoms with van der Waals surface area (Å²) in [4.78, 5) is 0. The summed E-state index contributed by atoms with van der Waals surface area (Å²) in [5.41, 5.74) is 20.0. The molecule has 1 heterocycles. The van der Waals surface area contributed by atoms with E-state index in [2.05, 4.69) is 22.0 Å². The number of anilines is 2. The maximum Gasteiger partial charge on any atom is 0.205 e. The molecule has 0 radical (unpaired) electrons. The minimum Gasteiger partial charge on any atom is -0.503 e. The third-order valence-corrected chi connectivity index (χ3v) is 4.67. The van der Waals surface area contributed by atoms with Crippen molar-refractivity contribution < 1.29 is 14.6 Å². The van der Waals surface area contributed by atoms with Crippen LogP contribution in [-0.2, 0) is 0 Å². The lowest BCUT2D eigenvalue weighted by Crippen LogP contribution is -2.22. The van der Waals surface area contributed by atoms with E-state index in [1.165, 1.54) is 7.11 Å². The van der Waals surface area contributed by atoms with Gasteiger partial charge in [0.1, 0.15) is 11.6 Å². The molecule has 1 atom stereocenters. The van der Waals surface area contributed by atoms with Crippen molar-refractivity contribution in [1.82, 2.24) is 0 Å². The number of nitriles is 1. The molecule has 8 heteroatoms. The van der Waals surface area contributed by atoms with Crippen LogP contribution in [0.1, 0.15) is 17.0 Å². The van der Waals surface area contributed by atoms with E-state index in [9.17, 15) is 10.4 Å². The number of rotatable bonds is 2. The Hall–Kier alpha value is -3.05. The maximum atomic E-state index is 10.0. The van der Waals surface area contributed by atoms with Crippen molar-refractivity contribution in [2.75, 3.05) is 18.6 Å². The first kappa shape index (κ1) is 16.8. The highest BCUT2D eigenvalue weighted by atomic mass is 79.9.